The van der Waals surface area contributed by atoms with Gasteiger partial charge in [-0.1, -0.05) is 25.5 Å². The SMILES string of the molecule is CC[C@@H]1CCc2c(sc(NC(=O)[C@H]3CC=CC[C@H]3C(=O)O)c2C(=O)NC2CC2)C1. The van der Waals surface area contributed by atoms with Gasteiger partial charge in [-0.2, -0.15) is 0 Å². The first kappa shape index (κ1) is 20.1. The summed E-state index contributed by atoms with van der Waals surface area (Å²) in [6, 6.07) is 0.244. The monoisotopic (exact) mass is 416 g/mol. The molecule has 1 aromatic rings. The number of hydrogen-bond acceptors (Lipinski definition) is 4. The van der Waals surface area contributed by atoms with Gasteiger partial charge < -0.3 is 15.7 Å². The van der Waals surface area contributed by atoms with E-state index in [0.29, 0.717) is 29.3 Å². The number of thiophene rings is 1. The summed E-state index contributed by atoms with van der Waals surface area (Å²) < 4.78 is 0. The van der Waals surface area contributed by atoms with Gasteiger partial charge in [0, 0.05) is 10.9 Å². The number of fused-ring (bicyclic) bond motifs is 1. The number of rotatable bonds is 6. The predicted molar refractivity (Wildman–Crippen MR) is 112 cm³/mol. The number of carboxylic acids is 1. The van der Waals surface area contributed by atoms with Crippen molar-refractivity contribution in [2.75, 3.05) is 5.32 Å². The lowest BCUT2D eigenvalue weighted by molar-refractivity contribution is -0.146. The van der Waals surface area contributed by atoms with Gasteiger partial charge in [0.15, 0.2) is 0 Å². The van der Waals surface area contributed by atoms with Gasteiger partial charge in [0.1, 0.15) is 5.00 Å². The standard InChI is InChI=1S/C22H28N2O4S/c1-2-12-7-10-16-17(11-12)29-21(18(16)20(26)23-13-8-9-13)24-19(25)14-5-3-4-6-15(14)22(27)28/h3-4,12-15H,2,5-11H2,1H3,(H,23,26)(H,24,25)(H,27,28)/t12-,14+,15-/m1/s1. The molecule has 3 atom stereocenters. The van der Waals surface area contributed by atoms with Crippen molar-refractivity contribution in [1.29, 1.82) is 0 Å². The van der Waals surface area contributed by atoms with Crippen molar-refractivity contribution >= 4 is 34.1 Å². The minimum Gasteiger partial charge on any atom is -0.481 e. The fourth-order valence-corrected chi connectivity index (χ4v) is 5.76. The van der Waals surface area contributed by atoms with Gasteiger partial charge in [-0.3, -0.25) is 14.4 Å². The van der Waals surface area contributed by atoms with E-state index in [-0.39, 0.29) is 17.9 Å². The lowest BCUT2D eigenvalue weighted by Crippen LogP contribution is -2.35. The van der Waals surface area contributed by atoms with Crippen LogP contribution in [0.25, 0.3) is 0 Å². The van der Waals surface area contributed by atoms with E-state index in [1.807, 2.05) is 12.2 Å². The van der Waals surface area contributed by atoms with E-state index in [9.17, 15) is 19.5 Å². The van der Waals surface area contributed by atoms with Crippen molar-refractivity contribution in [1.82, 2.24) is 5.32 Å². The van der Waals surface area contributed by atoms with Gasteiger partial charge in [0.2, 0.25) is 5.91 Å². The molecular formula is C22H28N2O4S. The number of aliphatic carboxylic acids is 1. The fourth-order valence-electron chi connectivity index (χ4n) is 4.40. The van der Waals surface area contributed by atoms with E-state index >= 15 is 0 Å². The van der Waals surface area contributed by atoms with Gasteiger partial charge >= 0.3 is 5.97 Å². The number of nitrogens with one attached hydrogen (secondary N) is 2. The van der Waals surface area contributed by atoms with E-state index in [0.717, 1.165) is 44.1 Å². The first-order chi connectivity index (χ1) is 14.0. The zero-order valence-electron chi connectivity index (χ0n) is 16.7. The number of carbonyl (C=O) groups excluding carboxylic acids is 2. The van der Waals surface area contributed by atoms with Gasteiger partial charge in [-0.15, -0.1) is 11.3 Å². The quantitative estimate of drug-likeness (QED) is 0.615. The summed E-state index contributed by atoms with van der Waals surface area (Å²) in [4.78, 5) is 38.7. The first-order valence-electron chi connectivity index (χ1n) is 10.6. The van der Waals surface area contributed by atoms with E-state index in [1.165, 1.54) is 16.2 Å². The molecule has 0 aromatic carbocycles. The smallest absolute Gasteiger partial charge is 0.307 e. The molecule has 4 rings (SSSR count). The van der Waals surface area contributed by atoms with Gasteiger partial charge in [-0.05, 0) is 56.4 Å². The maximum atomic E-state index is 13.0. The average molecular weight is 417 g/mol. The molecule has 7 heteroatoms. The summed E-state index contributed by atoms with van der Waals surface area (Å²) in [7, 11) is 0. The van der Waals surface area contributed by atoms with Crippen molar-refractivity contribution < 1.29 is 19.5 Å². The first-order valence-corrected chi connectivity index (χ1v) is 11.4. The molecule has 3 aliphatic rings. The summed E-state index contributed by atoms with van der Waals surface area (Å²) >= 11 is 1.50. The van der Waals surface area contributed by atoms with Crippen molar-refractivity contribution in [2.45, 2.75) is 64.3 Å². The molecule has 0 spiro atoms. The van der Waals surface area contributed by atoms with Crippen LogP contribution in [0.5, 0.6) is 0 Å². The Kier molecular flexibility index (Phi) is 5.76. The highest BCUT2D eigenvalue weighted by Crippen LogP contribution is 2.41. The Morgan fingerprint density at radius 1 is 1.14 bits per heavy atom. The zero-order valence-corrected chi connectivity index (χ0v) is 17.5. The highest BCUT2D eigenvalue weighted by molar-refractivity contribution is 7.17. The van der Waals surface area contributed by atoms with Crippen LogP contribution in [-0.4, -0.2) is 28.9 Å². The van der Waals surface area contributed by atoms with Crippen molar-refractivity contribution in [2.24, 2.45) is 17.8 Å². The normalized spacial score (nSPS) is 25.9. The Bertz CT molecular complexity index is 855. The van der Waals surface area contributed by atoms with Crippen LogP contribution >= 0.6 is 11.3 Å². The zero-order chi connectivity index (χ0) is 20.5. The number of hydrogen-bond donors (Lipinski definition) is 3. The Morgan fingerprint density at radius 3 is 2.52 bits per heavy atom. The molecule has 0 bridgehead atoms. The Labute approximate surface area is 174 Å². The molecule has 0 saturated heterocycles. The topological polar surface area (TPSA) is 95.5 Å². The minimum atomic E-state index is -0.947. The van der Waals surface area contributed by atoms with Crippen LogP contribution in [0.15, 0.2) is 12.2 Å². The number of allylic oxidation sites excluding steroid dienone is 2. The van der Waals surface area contributed by atoms with Crippen LogP contribution in [0.3, 0.4) is 0 Å². The summed E-state index contributed by atoms with van der Waals surface area (Å²) in [5.74, 6) is -2.06. The predicted octanol–water partition coefficient (Wildman–Crippen LogP) is 3.76. The maximum Gasteiger partial charge on any atom is 0.307 e. The molecule has 1 saturated carbocycles. The van der Waals surface area contributed by atoms with E-state index in [1.54, 1.807) is 0 Å². The molecule has 1 heterocycles. The molecule has 2 amide bonds. The number of anilines is 1. The van der Waals surface area contributed by atoms with E-state index in [4.69, 9.17) is 0 Å². The van der Waals surface area contributed by atoms with Crippen LogP contribution in [0.2, 0.25) is 0 Å². The number of carbonyl (C=O) groups is 3. The summed E-state index contributed by atoms with van der Waals surface area (Å²) in [6.45, 7) is 2.19. The fraction of sp³-hybridized carbons (Fsp3) is 0.591. The second-order valence-corrected chi connectivity index (χ2v) is 9.56. The van der Waals surface area contributed by atoms with Gasteiger partial charge in [-0.25, -0.2) is 0 Å². The molecule has 1 fully saturated rings. The lowest BCUT2D eigenvalue weighted by atomic mass is 9.82. The van der Waals surface area contributed by atoms with Crippen molar-refractivity contribution in [3.8, 4) is 0 Å². The largest absolute Gasteiger partial charge is 0.481 e. The van der Waals surface area contributed by atoms with Crippen LogP contribution in [0.1, 0.15) is 66.2 Å². The molecule has 0 unspecified atom stereocenters. The molecule has 29 heavy (non-hydrogen) atoms. The maximum absolute atomic E-state index is 13.0. The molecule has 6 nitrogen and oxygen atoms in total. The molecule has 3 aliphatic carbocycles. The van der Waals surface area contributed by atoms with Crippen molar-refractivity contribution in [3.05, 3.63) is 28.2 Å². The van der Waals surface area contributed by atoms with Crippen molar-refractivity contribution in [3.63, 3.8) is 0 Å². The third-order valence-corrected chi connectivity index (χ3v) is 7.58. The molecule has 3 N–H and O–H groups in total. The van der Waals surface area contributed by atoms with Gasteiger partial charge in [0.05, 0.1) is 17.4 Å². The summed E-state index contributed by atoms with van der Waals surface area (Å²) in [5, 5.41) is 16.1. The molecule has 0 aliphatic heterocycles. The highest BCUT2D eigenvalue weighted by atomic mass is 32.1. The Morgan fingerprint density at radius 2 is 1.86 bits per heavy atom. The summed E-state index contributed by atoms with van der Waals surface area (Å²) in [5.41, 5.74) is 1.68. The number of carboxylic acid groups (broad SMARTS) is 1. The van der Waals surface area contributed by atoms with Crippen LogP contribution in [-0.2, 0) is 22.4 Å². The lowest BCUT2D eigenvalue weighted by Gasteiger charge is -2.24. The van der Waals surface area contributed by atoms with Crippen LogP contribution in [0.4, 0.5) is 5.00 Å². The highest BCUT2D eigenvalue weighted by Gasteiger charge is 2.36. The van der Waals surface area contributed by atoms with E-state index < -0.39 is 17.8 Å². The molecule has 1 aromatic heterocycles. The third-order valence-electron chi connectivity index (χ3n) is 6.41. The summed E-state index contributed by atoms with van der Waals surface area (Å²) in [6.07, 6.45) is 10.5. The van der Waals surface area contributed by atoms with Gasteiger partial charge in [0.25, 0.3) is 5.91 Å². The van der Waals surface area contributed by atoms with Crippen LogP contribution in [0, 0.1) is 17.8 Å². The third kappa shape index (κ3) is 4.25. The molecular weight excluding hydrogens is 388 g/mol. The van der Waals surface area contributed by atoms with E-state index in [2.05, 4.69) is 17.6 Å². The Hall–Kier alpha value is -2.15. The minimum absolute atomic E-state index is 0.103. The molecule has 0 radical (unpaired) electrons. The number of amides is 2. The average Bonchev–Trinajstić information content (AvgIpc) is 3.45. The molecule has 156 valence electrons. The Balaban J connectivity index is 1.61. The second kappa shape index (κ2) is 8.30. The second-order valence-electron chi connectivity index (χ2n) is 8.46. The van der Waals surface area contributed by atoms with Crippen LogP contribution < -0.4 is 10.6 Å².